The first-order valence-corrected chi connectivity index (χ1v) is 12.7. The van der Waals surface area contributed by atoms with Crippen LogP contribution in [-0.4, -0.2) is 36.6 Å². The van der Waals surface area contributed by atoms with Crippen molar-refractivity contribution in [2.24, 2.45) is 5.92 Å². The van der Waals surface area contributed by atoms with E-state index in [-0.39, 0.29) is 5.41 Å². The Bertz CT molecular complexity index is 1310. The highest BCUT2D eigenvalue weighted by Crippen LogP contribution is 2.49. The van der Waals surface area contributed by atoms with Crippen molar-refractivity contribution >= 4 is 10.9 Å². The molecule has 4 aromatic rings. The summed E-state index contributed by atoms with van der Waals surface area (Å²) in [5.41, 5.74) is 8.72. The molecular formula is C31H34N2O. The van der Waals surface area contributed by atoms with Crippen LogP contribution < -0.4 is 4.74 Å². The molecule has 0 bridgehead atoms. The Balaban J connectivity index is 1.37. The first kappa shape index (κ1) is 21.5. The number of rotatable bonds is 5. The molecule has 0 spiro atoms. The van der Waals surface area contributed by atoms with Crippen LogP contribution in [0.5, 0.6) is 5.75 Å². The summed E-state index contributed by atoms with van der Waals surface area (Å²) < 4.78 is 5.65. The van der Waals surface area contributed by atoms with Gasteiger partial charge in [-0.3, -0.25) is 0 Å². The quantitative estimate of drug-likeness (QED) is 0.399. The van der Waals surface area contributed by atoms with Gasteiger partial charge in [-0.15, -0.1) is 0 Å². The highest BCUT2D eigenvalue weighted by atomic mass is 16.5. The summed E-state index contributed by atoms with van der Waals surface area (Å²) in [6.07, 6.45) is 4.53. The van der Waals surface area contributed by atoms with Gasteiger partial charge >= 0.3 is 0 Å². The van der Waals surface area contributed by atoms with Crippen LogP contribution in [0.4, 0.5) is 0 Å². The van der Waals surface area contributed by atoms with E-state index in [4.69, 9.17) is 4.74 Å². The summed E-state index contributed by atoms with van der Waals surface area (Å²) in [6, 6.07) is 26.5. The number of ether oxygens (including phenoxy) is 1. The van der Waals surface area contributed by atoms with Crippen molar-refractivity contribution in [3.63, 3.8) is 0 Å². The zero-order valence-corrected chi connectivity index (χ0v) is 20.3. The lowest BCUT2D eigenvalue weighted by atomic mass is 9.58. The molecule has 2 unspecified atom stereocenters. The number of aryl methyl sites for hydroxylation is 1. The molecule has 2 atom stereocenters. The van der Waals surface area contributed by atoms with Crippen LogP contribution >= 0.6 is 0 Å². The largest absolute Gasteiger partial charge is 0.497 e. The molecule has 0 radical (unpaired) electrons. The van der Waals surface area contributed by atoms with Crippen LogP contribution in [0, 0.1) is 12.8 Å². The van der Waals surface area contributed by atoms with E-state index in [1.807, 2.05) is 0 Å². The Morgan fingerprint density at radius 3 is 2.74 bits per heavy atom. The molecule has 1 aliphatic heterocycles. The van der Waals surface area contributed by atoms with Crippen LogP contribution in [0.25, 0.3) is 10.9 Å². The normalized spacial score (nSPS) is 22.4. The third kappa shape index (κ3) is 3.63. The predicted octanol–water partition coefficient (Wildman–Crippen LogP) is 6.09. The fourth-order valence-corrected chi connectivity index (χ4v) is 6.68. The fourth-order valence-electron chi connectivity index (χ4n) is 6.68. The molecule has 0 amide bonds. The molecule has 2 aliphatic rings. The molecule has 34 heavy (non-hydrogen) atoms. The third-order valence-corrected chi connectivity index (χ3v) is 8.51. The number of likely N-dealkylation sites (tertiary alicyclic amines) is 1. The molecule has 0 saturated carbocycles. The highest BCUT2D eigenvalue weighted by molar-refractivity contribution is 5.88. The van der Waals surface area contributed by atoms with E-state index in [9.17, 15) is 0 Å². The number of aromatic nitrogens is 1. The number of H-pyrrole nitrogens is 1. The SMILES string of the molecule is COc1cccc(C23CCN(CCc4ccccc4)CC2Cc2c([nH]c4cccc(C)c24)C3)c1. The van der Waals surface area contributed by atoms with Crippen molar-refractivity contribution in [1.82, 2.24) is 9.88 Å². The molecule has 6 rings (SSSR count). The van der Waals surface area contributed by atoms with Crippen molar-refractivity contribution < 1.29 is 4.74 Å². The van der Waals surface area contributed by atoms with Crippen molar-refractivity contribution in [3.05, 3.63) is 101 Å². The van der Waals surface area contributed by atoms with E-state index in [2.05, 4.69) is 89.6 Å². The van der Waals surface area contributed by atoms with Crippen LogP contribution in [0.15, 0.2) is 72.8 Å². The number of nitrogens with zero attached hydrogens (tertiary/aromatic N) is 1. The average molecular weight is 451 g/mol. The van der Waals surface area contributed by atoms with Gasteiger partial charge in [-0.25, -0.2) is 0 Å². The minimum Gasteiger partial charge on any atom is -0.497 e. The van der Waals surface area contributed by atoms with Gasteiger partial charge in [0.1, 0.15) is 5.75 Å². The highest BCUT2D eigenvalue weighted by Gasteiger charge is 2.48. The molecular weight excluding hydrogens is 416 g/mol. The number of piperidine rings is 1. The fraction of sp³-hybridized carbons (Fsp3) is 0.355. The predicted molar refractivity (Wildman–Crippen MR) is 140 cm³/mol. The molecule has 3 aromatic carbocycles. The molecule has 2 heterocycles. The third-order valence-electron chi connectivity index (χ3n) is 8.51. The molecule has 1 saturated heterocycles. The summed E-state index contributed by atoms with van der Waals surface area (Å²) in [5.74, 6) is 1.56. The lowest BCUT2D eigenvalue weighted by molar-refractivity contribution is 0.0822. The van der Waals surface area contributed by atoms with Gasteiger partial charge in [0.05, 0.1) is 7.11 Å². The van der Waals surface area contributed by atoms with Crippen molar-refractivity contribution in [2.45, 2.75) is 38.0 Å². The van der Waals surface area contributed by atoms with Crippen LogP contribution in [0.1, 0.15) is 34.4 Å². The van der Waals surface area contributed by atoms with E-state index in [0.29, 0.717) is 5.92 Å². The summed E-state index contributed by atoms with van der Waals surface area (Å²) in [5, 5.41) is 1.46. The smallest absolute Gasteiger partial charge is 0.119 e. The topological polar surface area (TPSA) is 28.3 Å². The monoisotopic (exact) mass is 450 g/mol. The van der Waals surface area contributed by atoms with E-state index >= 15 is 0 Å². The number of aromatic amines is 1. The Morgan fingerprint density at radius 1 is 1.03 bits per heavy atom. The van der Waals surface area contributed by atoms with Crippen molar-refractivity contribution in [2.75, 3.05) is 26.7 Å². The molecule has 1 aliphatic carbocycles. The molecule has 1 fully saturated rings. The number of benzene rings is 3. The summed E-state index contributed by atoms with van der Waals surface area (Å²) >= 11 is 0. The zero-order valence-electron chi connectivity index (χ0n) is 20.3. The Labute approximate surface area is 202 Å². The van der Waals surface area contributed by atoms with Gasteiger partial charge in [-0.2, -0.15) is 0 Å². The van der Waals surface area contributed by atoms with Gasteiger partial charge in [0.25, 0.3) is 0 Å². The molecule has 3 nitrogen and oxygen atoms in total. The average Bonchev–Trinajstić information content (AvgIpc) is 3.24. The summed E-state index contributed by atoms with van der Waals surface area (Å²) in [7, 11) is 1.78. The maximum absolute atomic E-state index is 5.65. The van der Waals surface area contributed by atoms with Crippen LogP contribution in [0.2, 0.25) is 0 Å². The van der Waals surface area contributed by atoms with Gasteiger partial charge in [0.15, 0.2) is 0 Å². The molecule has 174 valence electrons. The van der Waals surface area contributed by atoms with Crippen molar-refractivity contribution in [3.8, 4) is 5.75 Å². The minimum atomic E-state index is 0.152. The summed E-state index contributed by atoms with van der Waals surface area (Å²) in [6.45, 7) is 5.69. The number of hydrogen-bond donors (Lipinski definition) is 1. The maximum atomic E-state index is 5.65. The second-order valence-corrected chi connectivity index (χ2v) is 10.3. The Morgan fingerprint density at radius 2 is 1.88 bits per heavy atom. The minimum absolute atomic E-state index is 0.152. The first-order valence-electron chi connectivity index (χ1n) is 12.7. The second-order valence-electron chi connectivity index (χ2n) is 10.3. The molecule has 1 N–H and O–H groups in total. The lowest BCUT2D eigenvalue weighted by Crippen LogP contribution is -2.54. The van der Waals surface area contributed by atoms with Gasteiger partial charge in [-0.1, -0.05) is 54.6 Å². The standard InChI is InChI=1S/C31H34N2O/c1-22-8-6-13-28-30(22)27-19-25-21-33(16-14-23-9-4-3-5-10-23)17-15-31(25,20-29(27)32-28)24-11-7-12-26(18-24)34-2/h3-13,18,25,32H,14-17,19-21H2,1-2H3. The number of hydrogen-bond acceptors (Lipinski definition) is 2. The Hall–Kier alpha value is -3.04. The van der Waals surface area contributed by atoms with Gasteiger partial charge in [0, 0.05) is 35.1 Å². The maximum Gasteiger partial charge on any atom is 0.119 e. The lowest BCUT2D eigenvalue weighted by Gasteiger charge is -2.51. The number of nitrogens with one attached hydrogen (secondary N) is 1. The molecule has 1 aromatic heterocycles. The van der Waals surface area contributed by atoms with E-state index < -0.39 is 0 Å². The number of fused-ring (bicyclic) bond motifs is 4. The molecule has 3 heteroatoms. The van der Waals surface area contributed by atoms with E-state index in [0.717, 1.165) is 44.6 Å². The van der Waals surface area contributed by atoms with E-state index in [1.165, 1.54) is 39.7 Å². The zero-order chi connectivity index (χ0) is 23.1. The summed E-state index contributed by atoms with van der Waals surface area (Å²) in [4.78, 5) is 6.54. The van der Waals surface area contributed by atoms with Gasteiger partial charge in [0.2, 0.25) is 0 Å². The second kappa shape index (κ2) is 8.63. The van der Waals surface area contributed by atoms with Crippen LogP contribution in [0.3, 0.4) is 0 Å². The van der Waals surface area contributed by atoms with Gasteiger partial charge in [-0.05, 0) is 85.5 Å². The number of methoxy groups -OCH3 is 1. The Kier molecular flexibility index (Phi) is 5.45. The first-order chi connectivity index (χ1) is 16.7. The van der Waals surface area contributed by atoms with Crippen LogP contribution in [-0.2, 0) is 24.7 Å². The van der Waals surface area contributed by atoms with Gasteiger partial charge < -0.3 is 14.6 Å². The van der Waals surface area contributed by atoms with Crippen molar-refractivity contribution in [1.29, 1.82) is 0 Å². The van der Waals surface area contributed by atoms with E-state index in [1.54, 1.807) is 12.7 Å².